The molecule has 0 heterocycles. The second-order valence-corrected chi connectivity index (χ2v) is 5.31. The minimum Gasteiger partial charge on any atom is -0.454 e. The second kappa shape index (κ2) is 7.76. The van der Waals surface area contributed by atoms with Crippen molar-refractivity contribution in [2.24, 2.45) is 0 Å². The van der Waals surface area contributed by atoms with Crippen molar-refractivity contribution < 1.29 is 19.7 Å². The maximum Gasteiger partial charge on any atom is 0.340 e. The Balaban J connectivity index is 2.27. The van der Waals surface area contributed by atoms with E-state index in [4.69, 9.17) is 14.9 Å². The molecule has 2 rings (SSSR count). The van der Waals surface area contributed by atoms with Crippen LogP contribution in [0.4, 0.5) is 11.4 Å². The van der Waals surface area contributed by atoms with Gasteiger partial charge in [0.25, 0.3) is 0 Å². The van der Waals surface area contributed by atoms with Gasteiger partial charge in [-0.3, -0.25) is 0 Å². The molecular formula is C18H21NO4. The van der Waals surface area contributed by atoms with Crippen molar-refractivity contribution in [3.63, 3.8) is 0 Å². The van der Waals surface area contributed by atoms with E-state index in [0.717, 1.165) is 16.8 Å². The highest BCUT2D eigenvalue weighted by atomic mass is 16.6. The van der Waals surface area contributed by atoms with Crippen LogP contribution in [0.15, 0.2) is 42.5 Å². The molecule has 0 amide bonds. The Kier molecular flexibility index (Phi) is 5.73. The number of carbonyl (C=O) groups is 1. The standard InChI is InChI=1S/C18H21NO4/c1-12-6-5-9-16(13(12)2)19-17-8-4-3-7-15(17)18(22)23-14(10-20)11-21/h3-9,14,19-21H,10-11H2,1-2H3. The number of rotatable bonds is 6. The summed E-state index contributed by atoms with van der Waals surface area (Å²) in [5.41, 5.74) is 4.11. The monoisotopic (exact) mass is 315 g/mol. The van der Waals surface area contributed by atoms with Gasteiger partial charge in [-0.05, 0) is 43.2 Å². The van der Waals surface area contributed by atoms with Crippen LogP contribution in [-0.4, -0.2) is 35.5 Å². The van der Waals surface area contributed by atoms with Gasteiger partial charge in [-0.1, -0.05) is 24.3 Å². The molecule has 5 heteroatoms. The molecule has 0 aliphatic heterocycles. The second-order valence-electron chi connectivity index (χ2n) is 5.31. The molecule has 122 valence electrons. The maximum absolute atomic E-state index is 12.3. The molecule has 0 aliphatic rings. The molecule has 0 bridgehead atoms. The van der Waals surface area contributed by atoms with Crippen molar-refractivity contribution in [2.45, 2.75) is 20.0 Å². The minimum absolute atomic E-state index is 0.348. The molecule has 23 heavy (non-hydrogen) atoms. The Morgan fingerprint density at radius 3 is 2.39 bits per heavy atom. The molecule has 5 nitrogen and oxygen atoms in total. The van der Waals surface area contributed by atoms with Crippen LogP contribution in [0.2, 0.25) is 0 Å². The quantitative estimate of drug-likeness (QED) is 0.714. The van der Waals surface area contributed by atoms with E-state index in [1.54, 1.807) is 18.2 Å². The third kappa shape index (κ3) is 4.09. The molecule has 0 spiro atoms. The molecule has 0 saturated heterocycles. The normalized spacial score (nSPS) is 10.7. The minimum atomic E-state index is -0.920. The van der Waals surface area contributed by atoms with Gasteiger partial charge in [0.1, 0.15) is 6.10 Å². The van der Waals surface area contributed by atoms with Crippen LogP contribution in [0.3, 0.4) is 0 Å². The highest BCUT2D eigenvalue weighted by Crippen LogP contribution is 2.25. The predicted octanol–water partition coefficient (Wildman–Crippen LogP) is 2.56. The first kappa shape index (κ1) is 17.0. The van der Waals surface area contributed by atoms with Gasteiger partial charge in [0, 0.05) is 5.69 Å². The summed E-state index contributed by atoms with van der Waals surface area (Å²) in [5.74, 6) is -0.591. The van der Waals surface area contributed by atoms with Crippen LogP contribution in [0.5, 0.6) is 0 Å². The maximum atomic E-state index is 12.3. The van der Waals surface area contributed by atoms with Crippen molar-refractivity contribution in [3.05, 3.63) is 59.2 Å². The number of esters is 1. The fourth-order valence-corrected chi connectivity index (χ4v) is 2.15. The molecule has 0 atom stereocenters. The first-order chi connectivity index (χ1) is 11.1. The van der Waals surface area contributed by atoms with E-state index in [2.05, 4.69) is 5.32 Å². The van der Waals surface area contributed by atoms with Gasteiger partial charge in [-0.2, -0.15) is 0 Å². The third-order valence-electron chi connectivity index (χ3n) is 3.70. The van der Waals surface area contributed by atoms with Gasteiger partial charge in [0.2, 0.25) is 0 Å². The Morgan fingerprint density at radius 2 is 1.70 bits per heavy atom. The van der Waals surface area contributed by atoms with Crippen LogP contribution in [-0.2, 0) is 4.74 Å². The highest BCUT2D eigenvalue weighted by Gasteiger charge is 2.17. The Bertz CT molecular complexity index is 680. The van der Waals surface area contributed by atoms with Crippen molar-refractivity contribution in [3.8, 4) is 0 Å². The lowest BCUT2D eigenvalue weighted by Crippen LogP contribution is -2.26. The van der Waals surface area contributed by atoms with E-state index in [-0.39, 0.29) is 0 Å². The van der Waals surface area contributed by atoms with E-state index in [1.807, 2.05) is 38.1 Å². The largest absolute Gasteiger partial charge is 0.454 e. The summed E-state index contributed by atoms with van der Waals surface area (Å²) in [6.07, 6.45) is -0.920. The fraction of sp³-hybridized carbons (Fsp3) is 0.278. The number of aliphatic hydroxyl groups excluding tert-OH is 2. The summed E-state index contributed by atoms with van der Waals surface area (Å²) in [4.78, 5) is 12.3. The molecule has 2 aromatic carbocycles. The molecule has 3 N–H and O–H groups in total. The third-order valence-corrected chi connectivity index (χ3v) is 3.70. The van der Waals surface area contributed by atoms with Crippen LogP contribution in [0.25, 0.3) is 0 Å². The zero-order valence-corrected chi connectivity index (χ0v) is 13.2. The lowest BCUT2D eigenvalue weighted by Gasteiger charge is -2.17. The first-order valence-electron chi connectivity index (χ1n) is 7.41. The van der Waals surface area contributed by atoms with E-state index < -0.39 is 25.3 Å². The number of para-hydroxylation sites is 1. The summed E-state index contributed by atoms with van der Waals surface area (Å²) in [5, 5.41) is 21.3. The number of hydrogen-bond acceptors (Lipinski definition) is 5. The van der Waals surface area contributed by atoms with Crippen molar-refractivity contribution in [2.75, 3.05) is 18.5 Å². The van der Waals surface area contributed by atoms with Crippen LogP contribution < -0.4 is 5.32 Å². The summed E-state index contributed by atoms with van der Waals surface area (Å²) < 4.78 is 5.09. The van der Waals surface area contributed by atoms with E-state index in [9.17, 15) is 4.79 Å². The average Bonchev–Trinajstić information content (AvgIpc) is 2.57. The van der Waals surface area contributed by atoms with Gasteiger partial charge in [0.15, 0.2) is 0 Å². The number of ether oxygens (including phenoxy) is 1. The summed E-state index contributed by atoms with van der Waals surface area (Å²) in [6.45, 7) is 3.18. The van der Waals surface area contributed by atoms with Crippen LogP contribution in [0.1, 0.15) is 21.5 Å². The van der Waals surface area contributed by atoms with Crippen molar-refractivity contribution in [1.29, 1.82) is 0 Å². The number of carbonyl (C=O) groups excluding carboxylic acids is 1. The number of hydrogen-bond donors (Lipinski definition) is 3. The Labute approximate surface area is 135 Å². The summed E-state index contributed by atoms with van der Waals surface area (Å²) >= 11 is 0. The first-order valence-corrected chi connectivity index (χ1v) is 7.41. The zero-order valence-electron chi connectivity index (χ0n) is 13.2. The SMILES string of the molecule is Cc1cccc(Nc2ccccc2C(=O)OC(CO)CO)c1C. The predicted molar refractivity (Wildman–Crippen MR) is 89.0 cm³/mol. The Morgan fingerprint density at radius 1 is 1.04 bits per heavy atom. The van der Waals surface area contributed by atoms with E-state index in [1.165, 1.54) is 0 Å². The van der Waals surface area contributed by atoms with Crippen LogP contribution >= 0.6 is 0 Å². The Hall–Kier alpha value is -2.37. The highest BCUT2D eigenvalue weighted by molar-refractivity contribution is 5.96. The molecule has 0 fully saturated rings. The van der Waals surface area contributed by atoms with Gasteiger partial charge >= 0.3 is 5.97 Å². The number of aryl methyl sites for hydroxylation is 1. The molecule has 0 unspecified atom stereocenters. The molecule has 0 saturated carbocycles. The lowest BCUT2D eigenvalue weighted by atomic mass is 10.1. The van der Waals surface area contributed by atoms with Crippen LogP contribution in [0, 0.1) is 13.8 Å². The molecule has 0 aromatic heterocycles. The molecular weight excluding hydrogens is 294 g/mol. The van der Waals surface area contributed by atoms with E-state index in [0.29, 0.717) is 11.3 Å². The molecule has 0 aliphatic carbocycles. The van der Waals surface area contributed by atoms with E-state index >= 15 is 0 Å². The topological polar surface area (TPSA) is 78.8 Å². The number of nitrogens with one attached hydrogen (secondary N) is 1. The smallest absolute Gasteiger partial charge is 0.340 e. The summed E-state index contributed by atoms with van der Waals surface area (Å²) in [6, 6.07) is 12.9. The summed E-state index contributed by atoms with van der Waals surface area (Å²) in [7, 11) is 0. The van der Waals surface area contributed by atoms with Gasteiger partial charge < -0.3 is 20.3 Å². The fourth-order valence-electron chi connectivity index (χ4n) is 2.15. The van der Waals surface area contributed by atoms with Gasteiger partial charge in [-0.15, -0.1) is 0 Å². The van der Waals surface area contributed by atoms with Crippen molar-refractivity contribution in [1.82, 2.24) is 0 Å². The molecule has 0 radical (unpaired) electrons. The van der Waals surface area contributed by atoms with Crippen molar-refractivity contribution >= 4 is 17.3 Å². The zero-order chi connectivity index (χ0) is 16.8. The average molecular weight is 315 g/mol. The van der Waals surface area contributed by atoms with Gasteiger partial charge in [-0.25, -0.2) is 4.79 Å². The number of benzene rings is 2. The molecule has 2 aromatic rings. The number of anilines is 2. The number of aliphatic hydroxyl groups is 2. The lowest BCUT2D eigenvalue weighted by molar-refractivity contribution is -0.00535. The van der Waals surface area contributed by atoms with Gasteiger partial charge in [0.05, 0.1) is 24.5 Å².